The standard InChI is InChI=1S/C18H21FN2/c19-17-9-5-4-8-16(17)18(12-20)21-11-10-15(13-21)14-6-2-1-3-7-14/h1-9,15,18H,10-13,20H2. The first-order valence-electron chi connectivity index (χ1n) is 7.53. The second kappa shape index (κ2) is 6.37. The van der Waals surface area contributed by atoms with E-state index in [1.54, 1.807) is 6.07 Å². The molecule has 0 amide bonds. The summed E-state index contributed by atoms with van der Waals surface area (Å²) in [5.74, 6) is 0.364. The van der Waals surface area contributed by atoms with E-state index in [9.17, 15) is 4.39 Å². The quantitative estimate of drug-likeness (QED) is 0.933. The average molecular weight is 284 g/mol. The minimum Gasteiger partial charge on any atom is -0.329 e. The molecule has 0 radical (unpaired) electrons. The molecule has 2 atom stereocenters. The van der Waals surface area contributed by atoms with Gasteiger partial charge in [0.2, 0.25) is 0 Å². The summed E-state index contributed by atoms with van der Waals surface area (Å²) in [6.45, 7) is 2.36. The van der Waals surface area contributed by atoms with E-state index in [0.717, 1.165) is 19.5 Å². The van der Waals surface area contributed by atoms with Gasteiger partial charge in [0.15, 0.2) is 0 Å². The highest BCUT2D eigenvalue weighted by atomic mass is 19.1. The fraction of sp³-hybridized carbons (Fsp3) is 0.333. The molecule has 0 saturated carbocycles. The summed E-state index contributed by atoms with van der Waals surface area (Å²) in [7, 11) is 0. The first-order valence-corrected chi connectivity index (χ1v) is 7.53. The molecular weight excluding hydrogens is 263 g/mol. The summed E-state index contributed by atoms with van der Waals surface area (Å²) in [6.07, 6.45) is 1.11. The Balaban J connectivity index is 1.77. The fourth-order valence-electron chi connectivity index (χ4n) is 3.29. The molecule has 1 aliphatic rings. The molecule has 0 aliphatic carbocycles. The smallest absolute Gasteiger partial charge is 0.128 e. The van der Waals surface area contributed by atoms with Gasteiger partial charge in [0, 0.05) is 24.7 Å². The Labute approximate surface area is 125 Å². The number of rotatable bonds is 4. The Morgan fingerprint density at radius 2 is 1.81 bits per heavy atom. The predicted octanol–water partition coefficient (Wildman–Crippen LogP) is 3.32. The fourth-order valence-corrected chi connectivity index (χ4v) is 3.29. The van der Waals surface area contributed by atoms with Crippen LogP contribution in [-0.2, 0) is 0 Å². The number of likely N-dealkylation sites (tertiary alicyclic amines) is 1. The molecule has 1 aliphatic heterocycles. The van der Waals surface area contributed by atoms with Crippen molar-refractivity contribution in [3.05, 3.63) is 71.5 Å². The Morgan fingerprint density at radius 1 is 1.10 bits per heavy atom. The number of hydrogen-bond acceptors (Lipinski definition) is 2. The Hall–Kier alpha value is -1.71. The van der Waals surface area contributed by atoms with Crippen molar-refractivity contribution in [2.75, 3.05) is 19.6 Å². The minimum atomic E-state index is -0.156. The zero-order valence-electron chi connectivity index (χ0n) is 12.1. The van der Waals surface area contributed by atoms with Crippen LogP contribution < -0.4 is 5.73 Å². The van der Waals surface area contributed by atoms with Crippen molar-refractivity contribution in [3.63, 3.8) is 0 Å². The van der Waals surface area contributed by atoms with E-state index in [4.69, 9.17) is 5.73 Å². The van der Waals surface area contributed by atoms with Crippen molar-refractivity contribution in [2.24, 2.45) is 5.73 Å². The highest BCUT2D eigenvalue weighted by Crippen LogP contribution is 2.33. The maximum absolute atomic E-state index is 14.0. The van der Waals surface area contributed by atoms with E-state index in [2.05, 4.69) is 29.2 Å². The maximum atomic E-state index is 14.0. The lowest BCUT2D eigenvalue weighted by Gasteiger charge is -2.27. The monoisotopic (exact) mass is 284 g/mol. The van der Waals surface area contributed by atoms with E-state index in [1.165, 1.54) is 11.6 Å². The van der Waals surface area contributed by atoms with E-state index in [-0.39, 0.29) is 11.9 Å². The van der Waals surface area contributed by atoms with E-state index in [1.807, 2.05) is 18.2 Å². The topological polar surface area (TPSA) is 29.3 Å². The summed E-state index contributed by atoms with van der Waals surface area (Å²) < 4.78 is 14.0. The molecule has 1 heterocycles. The first-order chi connectivity index (χ1) is 10.3. The van der Waals surface area contributed by atoms with Gasteiger partial charge in [-0.3, -0.25) is 4.90 Å². The zero-order chi connectivity index (χ0) is 14.7. The zero-order valence-corrected chi connectivity index (χ0v) is 12.1. The maximum Gasteiger partial charge on any atom is 0.128 e. The third kappa shape index (κ3) is 2.99. The van der Waals surface area contributed by atoms with Gasteiger partial charge in [-0.05, 0) is 30.5 Å². The van der Waals surface area contributed by atoms with Gasteiger partial charge in [0.05, 0.1) is 0 Å². The van der Waals surface area contributed by atoms with Crippen LogP contribution in [0.25, 0.3) is 0 Å². The SMILES string of the molecule is NCC(c1ccccc1F)N1CCC(c2ccccc2)C1. The Bertz CT molecular complexity index is 585. The van der Waals surface area contributed by atoms with Gasteiger partial charge in [-0.2, -0.15) is 0 Å². The van der Waals surface area contributed by atoms with E-state index in [0.29, 0.717) is 18.0 Å². The summed E-state index contributed by atoms with van der Waals surface area (Å²) in [6, 6.07) is 17.5. The number of nitrogens with two attached hydrogens (primary N) is 1. The van der Waals surface area contributed by atoms with Crippen LogP contribution in [0.1, 0.15) is 29.5 Å². The number of nitrogens with zero attached hydrogens (tertiary/aromatic N) is 1. The third-order valence-electron chi connectivity index (χ3n) is 4.42. The molecule has 110 valence electrons. The van der Waals surface area contributed by atoms with Crippen LogP contribution in [0.15, 0.2) is 54.6 Å². The molecule has 1 saturated heterocycles. The van der Waals surface area contributed by atoms with Crippen LogP contribution in [0.3, 0.4) is 0 Å². The molecule has 2 nitrogen and oxygen atoms in total. The summed E-state index contributed by atoms with van der Waals surface area (Å²) >= 11 is 0. The van der Waals surface area contributed by atoms with Crippen LogP contribution in [0, 0.1) is 5.82 Å². The number of hydrogen-bond donors (Lipinski definition) is 1. The minimum absolute atomic E-state index is 0.0279. The second-order valence-corrected chi connectivity index (χ2v) is 5.66. The molecule has 2 N–H and O–H groups in total. The predicted molar refractivity (Wildman–Crippen MR) is 83.6 cm³/mol. The second-order valence-electron chi connectivity index (χ2n) is 5.66. The molecule has 3 heteroatoms. The highest BCUT2D eigenvalue weighted by molar-refractivity contribution is 5.24. The van der Waals surface area contributed by atoms with Crippen molar-refractivity contribution in [1.29, 1.82) is 0 Å². The van der Waals surface area contributed by atoms with Crippen molar-refractivity contribution < 1.29 is 4.39 Å². The van der Waals surface area contributed by atoms with Crippen molar-refractivity contribution in [3.8, 4) is 0 Å². The van der Waals surface area contributed by atoms with E-state index >= 15 is 0 Å². The lowest BCUT2D eigenvalue weighted by Crippen LogP contribution is -2.32. The molecule has 3 rings (SSSR count). The molecule has 2 aromatic carbocycles. The summed E-state index contributed by atoms with van der Waals surface area (Å²) in [5.41, 5.74) is 8.01. The van der Waals surface area contributed by atoms with Gasteiger partial charge < -0.3 is 5.73 Å². The largest absolute Gasteiger partial charge is 0.329 e. The van der Waals surface area contributed by atoms with Gasteiger partial charge in [-0.25, -0.2) is 4.39 Å². The van der Waals surface area contributed by atoms with Crippen LogP contribution in [-0.4, -0.2) is 24.5 Å². The van der Waals surface area contributed by atoms with Gasteiger partial charge in [-0.1, -0.05) is 48.5 Å². The average Bonchev–Trinajstić information content (AvgIpc) is 3.00. The van der Waals surface area contributed by atoms with Gasteiger partial charge in [-0.15, -0.1) is 0 Å². The van der Waals surface area contributed by atoms with Gasteiger partial charge in [0.25, 0.3) is 0 Å². The molecule has 21 heavy (non-hydrogen) atoms. The summed E-state index contributed by atoms with van der Waals surface area (Å²) in [5, 5.41) is 0. The van der Waals surface area contributed by atoms with Crippen LogP contribution in [0.5, 0.6) is 0 Å². The molecule has 2 aromatic rings. The molecule has 0 spiro atoms. The highest BCUT2D eigenvalue weighted by Gasteiger charge is 2.30. The lowest BCUT2D eigenvalue weighted by molar-refractivity contribution is 0.243. The number of benzene rings is 2. The van der Waals surface area contributed by atoms with Crippen molar-refractivity contribution in [2.45, 2.75) is 18.4 Å². The molecule has 1 fully saturated rings. The van der Waals surface area contributed by atoms with Gasteiger partial charge >= 0.3 is 0 Å². The normalized spacial score (nSPS) is 20.6. The summed E-state index contributed by atoms with van der Waals surface area (Å²) in [4.78, 5) is 2.32. The van der Waals surface area contributed by atoms with Crippen LogP contribution in [0.4, 0.5) is 4.39 Å². The van der Waals surface area contributed by atoms with Gasteiger partial charge in [0.1, 0.15) is 5.82 Å². The third-order valence-corrected chi connectivity index (χ3v) is 4.42. The van der Waals surface area contributed by atoms with Crippen molar-refractivity contribution >= 4 is 0 Å². The first kappa shape index (κ1) is 14.2. The van der Waals surface area contributed by atoms with E-state index < -0.39 is 0 Å². The molecule has 2 unspecified atom stereocenters. The molecular formula is C18H21FN2. The lowest BCUT2D eigenvalue weighted by atomic mass is 9.98. The molecule has 0 bridgehead atoms. The Kier molecular flexibility index (Phi) is 4.32. The Morgan fingerprint density at radius 3 is 2.52 bits per heavy atom. The molecule has 0 aromatic heterocycles. The van der Waals surface area contributed by atoms with Crippen molar-refractivity contribution in [1.82, 2.24) is 4.90 Å². The van der Waals surface area contributed by atoms with Crippen LogP contribution in [0.2, 0.25) is 0 Å². The van der Waals surface area contributed by atoms with Crippen LogP contribution >= 0.6 is 0 Å². The number of halogens is 1.